The zero-order chi connectivity index (χ0) is 12.5. The molecule has 3 aromatic rings. The third-order valence-corrected chi connectivity index (χ3v) is 2.93. The molecule has 0 unspecified atom stereocenters. The van der Waals surface area contributed by atoms with Gasteiger partial charge in [-0.1, -0.05) is 12.1 Å². The SMILES string of the molecule is COCCn1c(=O)c2ccccc2n2cnnc12. The second-order valence-corrected chi connectivity index (χ2v) is 3.97. The van der Waals surface area contributed by atoms with E-state index in [1.54, 1.807) is 24.1 Å². The second-order valence-electron chi connectivity index (χ2n) is 3.97. The van der Waals surface area contributed by atoms with E-state index >= 15 is 0 Å². The van der Waals surface area contributed by atoms with Gasteiger partial charge in [0.25, 0.3) is 5.56 Å². The summed E-state index contributed by atoms with van der Waals surface area (Å²) in [6.45, 7) is 0.920. The van der Waals surface area contributed by atoms with Crippen molar-refractivity contribution in [1.82, 2.24) is 19.2 Å². The van der Waals surface area contributed by atoms with Crippen LogP contribution in [0.25, 0.3) is 16.7 Å². The normalized spacial score (nSPS) is 11.4. The predicted octanol–water partition coefficient (Wildman–Crippen LogP) is 0.691. The minimum absolute atomic E-state index is 0.0665. The van der Waals surface area contributed by atoms with E-state index in [0.717, 1.165) is 5.52 Å². The number of rotatable bonds is 3. The quantitative estimate of drug-likeness (QED) is 0.680. The summed E-state index contributed by atoms with van der Waals surface area (Å²) in [4.78, 5) is 12.4. The number of hydrogen-bond donors (Lipinski definition) is 0. The number of hydrogen-bond acceptors (Lipinski definition) is 4. The van der Waals surface area contributed by atoms with Gasteiger partial charge in [-0.3, -0.25) is 13.8 Å². The molecule has 0 aliphatic rings. The molecule has 0 aliphatic heterocycles. The number of fused-ring (bicyclic) bond motifs is 3. The molecule has 0 N–H and O–H groups in total. The molecule has 92 valence electrons. The van der Waals surface area contributed by atoms with Gasteiger partial charge in [0.15, 0.2) is 0 Å². The minimum atomic E-state index is -0.0665. The molecule has 6 heteroatoms. The standard InChI is InChI=1S/C12H12N4O2/c1-18-7-6-15-11(17)9-4-2-3-5-10(9)16-8-13-14-12(15)16/h2-5,8H,6-7H2,1H3. The lowest BCUT2D eigenvalue weighted by Crippen LogP contribution is -2.24. The van der Waals surface area contributed by atoms with Crippen molar-refractivity contribution in [3.63, 3.8) is 0 Å². The van der Waals surface area contributed by atoms with Gasteiger partial charge in [-0.2, -0.15) is 0 Å². The van der Waals surface area contributed by atoms with Gasteiger partial charge in [0, 0.05) is 7.11 Å². The van der Waals surface area contributed by atoms with E-state index in [2.05, 4.69) is 10.2 Å². The first kappa shape index (κ1) is 10.9. The van der Waals surface area contributed by atoms with E-state index in [9.17, 15) is 4.79 Å². The number of methoxy groups -OCH3 is 1. The summed E-state index contributed by atoms with van der Waals surface area (Å²) in [5.41, 5.74) is 0.749. The summed E-state index contributed by atoms with van der Waals surface area (Å²) in [5.74, 6) is 0.538. The number of nitrogens with zero attached hydrogens (tertiary/aromatic N) is 4. The van der Waals surface area contributed by atoms with Gasteiger partial charge in [0.1, 0.15) is 6.33 Å². The number of benzene rings is 1. The summed E-state index contributed by atoms with van der Waals surface area (Å²) in [6, 6.07) is 7.43. The summed E-state index contributed by atoms with van der Waals surface area (Å²) < 4.78 is 8.42. The van der Waals surface area contributed by atoms with Crippen LogP contribution >= 0.6 is 0 Å². The van der Waals surface area contributed by atoms with E-state index < -0.39 is 0 Å². The molecular weight excluding hydrogens is 232 g/mol. The van der Waals surface area contributed by atoms with Crippen molar-refractivity contribution < 1.29 is 4.74 Å². The second kappa shape index (κ2) is 4.23. The van der Waals surface area contributed by atoms with E-state index in [4.69, 9.17) is 4.74 Å². The zero-order valence-corrected chi connectivity index (χ0v) is 9.91. The molecule has 2 heterocycles. The average Bonchev–Trinajstić information content (AvgIpc) is 2.88. The molecule has 0 saturated carbocycles. The third-order valence-electron chi connectivity index (χ3n) is 2.93. The Morgan fingerprint density at radius 2 is 2.17 bits per heavy atom. The Morgan fingerprint density at radius 3 is 3.00 bits per heavy atom. The topological polar surface area (TPSA) is 61.4 Å². The fraction of sp³-hybridized carbons (Fsp3) is 0.250. The molecule has 0 fully saturated rings. The lowest BCUT2D eigenvalue weighted by atomic mass is 10.2. The Hall–Kier alpha value is -2.21. The van der Waals surface area contributed by atoms with Crippen LogP contribution in [0.15, 0.2) is 35.4 Å². The molecule has 2 aromatic heterocycles. The van der Waals surface area contributed by atoms with E-state index in [1.165, 1.54) is 0 Å². The van der Waals surface area contributed by atoms with Crippen molar-refractivity contribution in [3.05, 3.63) is 40.9 Å². The largest absolute Gasteiger partial charge is 0.383 e. The Balaban J connectivity index is 2.41. The molecule has 0 spiro atoms. The maximum Gasteiger partial charge on any atom is 0.262 e. The smallest absolute Gasteiger partial charge is 0.262 e. The van der Waals surface area contributed by atoms with Gasteiger partial charge in [0.2, 0.25) is 5.78 Å². The molecule has 0 radical (unpaired) electrons. The van der Waals surface area contributed by atoms with Crippen LogP contribution in [-0.2, 0) is 11.3 Å². The van der Waals surface area contributed by atoms with Gasteiger partial charge in [-0.05, 0) is 12.1 Å². The Bertz CT molecular complexity index is 759. The average molecular weight is 244 g/mol. The fourth-order valence-corrected chi connectivity index (χ4v) is 2.07. The maximum atomic E-state index is 12.4. The minimum Gasteiger partial charge on any atom is -0.383 e. The van der Waals surface area contributed by atoms with Crippen LogP contribution in [0.2, 0.25) is 0 Å². The molecule has 0 aliphatic carbocycles. The lowest BCUT2D eigenvalue weighted by Gasteiger charge is -2.09. The van der Waals surface area contributed by atoms with Crippen molar-refractivity contribution in [2.24, 2.45) is 0 Å². The third kappa shape index (κ3) is 1.50. The van der Waals surface area contributed by atoms with E-state index in [-0.39, 0.29) is 5.56 Å². The van der Waals surface area contributed by atoms with Crippen molar-refractivity contribution in [2.45, 2.75) is 6.54 Å². The van der Waals surface area contributed by atoms with Gasteiger partial charge in [-0.25, -0.2) is 0 Å². The van der Waals surface area contributed by atoms with Crippen molar-refractivity contribution in [1.29, 1.82) is 0 Å². The van der Waals surface area contributed by atoms with Crippen molar-refractivity contribution in [2.75, 3.05) is 13.7 Å². The lowest BCUT2D eigenvalue weighted by molar-refractivity contribution is 0.187. The summed E-state index contributed by atoms with van der Waals surface area (Å²) in [6.07, 6.45) is 1.61. The van der Waals surface area contributed by atoms with E-state index in [0.29, 0.717) is 24.3 Å². The summed E-state index contributed by atoms with van der Waals surface area (Å²) in [5, 5.41) is 8.53. The molecule has 6 nitrogen and oxygen atoms in total. The van der Waals surface area contributed by atoms with Gasteiger partial charge < -0.3 is 4.74 Å². The van der Waals surface area contributed by atoms with Crippen molar-refractivity contribution in [3.8, 4) is 0 Å². The van der Waals surface area contributed by atoms with Gasteiger partial charge >= 0.3 is 0 Å². The summed E-state index contributed by atoms with van der Waals surface area (Å²) in [7, 11) is 1.60. The molecule has 0 amide bonds. The maximum absolute atomic E-state index is 12.4. The summed E-state index contributed by atoms with van der Waals surface area (Å²) >= 11 is 0. The van der Waals surface area contributed by atoms with Gasteiger partial charge in [0.05, 0.1) is 24.1 Å². The first-order valence-corrected chi connectivity index (χ1v) is 5.63. The zero-order valence-electron chi connectivity index (χ0n) is 9.91. The fourth-order valence-electron chi connectivity index (χ4n) is 2.07. The van der Waals surface area contributed by atoms with Gasteiger partial charge in [-0.15, -0.1) is 10.2 Å². The predicted molar refractivity (Wildman–Crippen MR) is 66.6 cm³/mol. The van der Waals surface area contributed by atoms with Crippen LogP contribution in [0.4, 0.5) is 0 Å². The highest BCUT2D eigenvalue weighted by Crippen LogP contribution is 2.11. The molecule has 0 atom stereocenters. The van der Waals surface area contributed by atoms with Crippen LogP contribution in [0.1, 0.15) is 0 Å². The molecule has 0 bridgehead atoms. The highest BCUT2D eigenvalue weighted by Gasteiger charge is 2.11. The highest BCUT2D eigenvalue weighted by molar-refractivity contribution is 5.79. The van der Waals surface area contributed by atoms with E-state index in [1.807, 2.05) is 22.6 Å². The number of ether oxygens (including phenoxy) is 1. The molecular formula is C12H12N4O2. The van der Waals surface area contributed by atoms with Crippen LogP contribution < -0.4 is 5.56 Å². The molecule has 3 rings (SSSR count). The van der Waals surface area contributed by atoms with Crippen LogP contribution in [0.3, 0.4) is 0 Å². The number of para-hydroxylation sites is 1. The Kier molecular flexibility index (Phi) is 2.56. The Morgan fingerprint density at radius 1 is 1.33 bits per heavy atom. The highest BCUT2D eigenvalue weighted by atomic mass is 16.5. The van der Waals surface area contributed by atoms with Crippen LogP contribution in [-0.4, -0.2) is 32.9 Å². The first-order valence-electron chi connectivity index (χ1n) is 5.63. The first-order chi connectivity index (χ1) is 8.83. The molecule has 1 aromatic carbocycles. The molecule has 18 heavy (non-hydrogen) atoms. The molecule has 0 saturated heterocycles. The van der Waals surface area contributed by atoms with Crippen LogP contribution in [0, 0.1) is 0 Å². The van der Waals surface area contributed by atoms with Crippen LogP contribution in [0.5, 0.6) is 0 Å². The van der Waals surface area contributed by atoms with Crippen molar-refractivity contribution >= 4 is 16.7 Å². The monoisotopic (exact) mass is 244 g/mol. The Labute approximate surface area is 102 Å². The number of aromatic nitrogens is 4.